The van der Waals surface area contributed by atoms with Gasteiger partial charge in [-0.3, -0.25) is 4.79 Å². The molecule has 9 nitrogen and oxygen atoms in total. The maximum Gasteiger partial charge on any atom is 0.266 e. The number of thiazole rings is 1. The Kier molecular flexibility index (Phi) is 7.65. The normalized spacial score (nSPS) is 17.5. The quantitative estimate of drug-likeness (QED) is 0.430. The van der Waals surface area contributed by atoms with Crippen LogP contribution in [0.5, 0.6) is 11.5 Å². The van der Waals surface area contributed by atoms with Gasteiger partial charge in [-0.1, -0.05) is 22.9 Å². The summed E-state index contributed by atoms with van der Waals surface area (Å²) in [6.07, 6.45) is 0.986. The van der Waals surface area contributed by atoms with Gasteiger partial charge in [0.2, 0.25) is 0 Å². The Balaban J connectivity index is 1.75. The Hall–Kier alpha value is -1.96. The first kappa shape index (κ1) is 25.1. The van der Waals surface area contributed by atoms with Crippen molar-refractivity contribution in [2.45, 2.75) is 29.6 Å². The van der Waals surface area contributed by atoms with Crippen LogP contribution < -0.4 is 14.3 Å². The third kappa shape index (κ3) is 4.75. The highest BCUT2D eigenvalue weighted by Gasteiger charge is 2.40. The van der Waals surface area contributed by atoms with Gasteiger partial charge in [-0.15, -0.1) is 11.3 Å². The molecule has 3 aromatic rings. The minimum atomic E-state index is -3.84. The molecule has 1 aromatic carbocycles. The van der Waals surface area contributed by atoms with E-state index in [0.717, 1.165) is 21.6 Å². The third-order valence-corrected chi connectivity index (χ3v) is 10.2. The van der Waals surface area contributed by atoms with Crippen molar-refractivity contribution >= 4 is 60.4 Å². The summed E-state index contributed by atoms with van der Waals surface area (Å²) in [5.41, 5.74) is 0.815. The minimum Gasteiger partial charge on any atom is -0.493 e. The van der Waals surface area contributed by atoms with E-state index >= 15 is 0 Å². The Labute approximate surface area is 210 Å². The largest absolute Gasteiger partial charge is 0.493 e. The molecule has 2 aromatic heterocycles. The lowest BCUT2D eigenvalue weighted by atomic mass is 10.2. The van der Waals surface area contributed by atoms with Crippen molar-refractivity contribution in [3.63, 3.8) is 0 Å². The van der Waals surface area contributed by atoms with E-state index < -0.39 is 22.0 Å². The van der Waals surface area contributed by atoms with Crippen molar-refractivity contribution in [2.75, 3.05) is 34.5 Å². The lowest BCUT2D eigenvalue weighted by Gasteiger charge is -2.20. The predicted molar refractivity (Wildman–Crippen MR) is 132 cm³/mol. The molecule has 1 unspecified atom stereocenters. The number of benzene rings is 1. The number of methoxy groups -OCH3 is 3. The number of carbonyl (C=O) groups excluding carboxylic acids is 1. The molecule has 34 heavy (non-hydrogen) atoms. The molecule has 0 radical (unpaired) electrons. The fourth-order valence-corrected chi connectivity index (χ4v) is 8.21. The average molecular weight is 546 g/mol. The number of sulfonamides is 1. The van der Waals surface area contributed by atoms with Gasteiger partial charge in [0.15, 0.2) is 16.3 Å². The zero-order chi connectivity index (χ0) is 24.5. The van der Waals surface area contributed by atoms with Crippen LogP contribution in [0.1, 0.15) is 12.8 Å². The number of rotatable bonds is 8. The van der Waals surface area contributed by atoms with Gasteiger partial charge in [0.1, 0.15) is 10.3 Å². The summed E-state index contributed by atoms with van der Waals surface area (Å²) < 4.78 is 46.8. The van der Waals surface area contributed by atoms with E-state index in [1.807, 2.05) is 16.7 Å². The SMILES string of the molecule is COCCn1c(=NC(=O)C2CCCN2S(=O)(=O)c2ccc(Cl)s2)sc2cc(OC)c(OC)cc21. The highest BCUT2D eigenvalue weighted by atomic mass is 35.5. The van der Waals surface area contributed by atoms with Gasteiger partial charge < -0.3 is 18.8 Å². The van der Waals surface area contributed by atoms with Crippen molar-refractivity contribution in [3.05, 3.63) is 33.4 Å². The Morgan fingerprint density at radius 3 is 2.56 bits per heavy atom. The van der Waals surface area contributed by atoms with E-state index in [9.17, 15) is 13.2 Å². The lowest BCUT2D eigenvalue weighted by Crippen LogP contribution is -2.40. The summed E-state index contributed by atoms with van der Waals surface area (Å²) in [5, 5.41) is 0. The summed E-state index contributed by atoms with van der Waals surface area (Å²) in [6.45, 7) is 1.12. The minimum absolute atomic E-state index is 0.119. The molecule has 3 heterocycles. The first-order valence-corrected chi connectivity index (χ1v) is 13.8. The Morgan fingerprint density at radius 1 is 1.18 bits per heavy atom. The lowest BCUT2D eigenvalue weighted by molar-refractivity contribution is -0.121. The fraction of sp³-hybridized carbons (Fsp3) is 0.429. The number of ether oxygens (including phenoxy) is 3. The number of thiophene rings is 1. The molecule has 0 bridgehead atoms. The van der Waals surface area contributed by atoms with E-state index in [1.165, 1.54) is 27.8 Å². The van der Waals surface area contributed by atoms with E-state index in [-0.39, 0.29) is 10.8 Å². The molecule has 0 N–H and O–H groups in total. The van der Waals surface area contributed by atoms with Crippen molar-refractivity contribution in [1.82, 2.24) is 8.87 Å². The summed E-state index contributed by atoms with van der Waals surface area (Å²) in [4.78, 5) is 18.1. The van der Waals surface area contributed by atoms with Crippen LogP contribution in [0.2, 0.25) is 4.34 Å². The number of hydrogen-bond donors (Lipinski definition) is 0. The molecule has 4 rings (SSSR count). The molecule has 0 aliphatic carbocycles. The molecule has 1 atom stereocenters. The van der Waals surface area contributed by atoms with Gasteiger partial charge in [-0.05, 0) is 25.0 Å². The second kappa shape index (κ2) is 10.3. The van der Waals surface area contributed by atoms with Gasteiger partial charge in [0, 0.05) is 32.3 Å². The highest BCUT2D eigenvalue weighted by molar-refractivity contribution is 7.91. The van der Waals surface area contributed by atoms with Crippen molar-refractivity contribution in [3.8, 4) is 11.5 Å². The summed E-state index contributed by atoms with van der Waals surface area (Å²) in [5.74, 6) is 0.621. The topological polar surface area (TPSA) is 99.4 Å². The first-order valence-electron chi connectivity index (χ1n) is 10.4. The Morgan fingerprint density at radius 2 is 1.91 bits per heavy atom. The maximum absolute atomic E-state index is 13.3. The third-order valence-electron chi connectivity index (χ3n) is 5.51. The van der Waals surface area contributed by atoms with E-state index in [1.54, 1.807) is 21.3 Å². The van der Waals surface area contributed by atoms with Crippen molar-refractivity contribution < 1.29 is 27.4 Å². The number of aromatic nitrogens is 1. The van der Waals surface area contributed by atoms with Crippen LogP contribution in [-0.4, -0.2) is 63.7 Å². The van der Waals surface area contributed by atoms with Crippen molar-refractivity contribution in [1.29, 1.82) is 0 Å². The molecule has 1 aliphatic rings. The summed E-state index contributed by atoms with van der Waals surface area (Å²) in [7, 11) is 0.867. The van der Waals surface area contributed by atoms with Crippen LogP contribution in [0.4, 0.5) is 0 Å². The van der Waals surface area contributed by atoms with Crippen LogP contribution in [0.25, 0.3) is 10.2 Å². The molecule has 13 heteroatoms. The highest BCUT2D eigenvalue weighted by Crippen LogP contribution is 2.34. The fourth-order valence-electron chi connectivity index (χ4n) is 3.88. The van der Waals surface area contributed by atoms with E-state index in [0.29, 0.717) is 46.6 Å². The van der Waals surface area contributed by atoms with Crippen molar-refractivity contribution in [2.24, 2.45) is 4.99 Å². The standard InChI is InChI=1S/C21H24ClN3O6S3/c1-29-10-9-24-14-11-15(30-2)16(31-3)12-17(14)32-21(24)23-20(26)13-5-4-8-25(13)34(27,28)19-7-6-18(22)33-19/h6-7,11-13H,4-5,8-10H2,1-3H3. The second-order valence-corrected chi connectivity index (χ2v) is 12.3. The molecule has 1 aliphatic heterocycles. The monoisotopic (exact) mass is 545 g/mol. The molecular weight excluding hydrogens is 522 g/mol. The van der Waals surface area contributed by atoms with Gasteiger partial charge in [-0.25, -0.2) is 8.42 Å². The molecule has 1 fully saturated rings. The summed E-state index contributed by atoms with van der Waals surface area (Å²) >= 11 is 8.24. The van der Waals surface area contributed by atoms with Gasteiger partial charge in [-0.2, -0.15) is 9.30 Å². The molecule has 0 spiro atoms. The summed E-state index contributed by atoms with van der Waals surface area (Å²) in [6, 6.07) is 5.80. The Bertz CT molecular complexity index is 1380. The van der Waals surface area contributed by atoms with Gasteiger partial charge in [0.25, 0.3) is 15.9 Å². The molecule has 0 saturated carbocycles. The smallest absolute Gasteiger partial charge is 0.266 e. The molecule has 1 saturated heterocycles. The van der Waals surface area contributed by atoms with Crippen LogP contribution in [0, 0.1) is 0 Å². The second-order valence-electron chi connectivity index (χ2n) is 7.49. The number of halogens is 1. The van der Waals surface area contributed by atoms with Crippen LogP contribution in [0.15, 0.2) is 33.5 Å². The zero-order valence-electron chi connectivity index (χ0n) is 18.8. The van der Waals surface area contributed by atoms with Gasteiger partial charge in [0.05, 0.1) is 35.4 Å². The maximum atomic E-state index is 13.3. The average Bonchev–Trinajstić information content (AvgIpc) is 3.55. The first-order chi connectivity index (χ1) is 16.3. The number of fused-ring (bicyclic) bond motifs is 1. The number of nitrogens with zero attached hydrogens (tertiary/aromatic N) is 3. The number of amides is 1. The van der Waals surface area contributed by atoms with Crippen LogP contribution in [0.3, 0.4) is 0 Å². The van der Waals surface area contributed by atoms with E-state index in [2.05, 4.69) is 4.99 Å². The predicted octanol–water partition coefficient (Wildman–Crippen LogP) is 3.36. The van der Waals surface area contributed by atoms with Crippen LogP contribution >= 0.6 is 34.3 Å². The molecule has 184 valence electrons. The van der Waals surface area contributed by atoms with Crippen LogP contribution in [-0.2, 0) is 26.1 Å². The molecular formula is C21H24ClN3O6S3. The molecule has 1 amide bonds. The number of carbonyl (C=O) groups is 1. The van der Waals surface area contributed by atoms with E-state index in [4.69, 9.17) is 25.8 Å². The van der Waals surface area contributed by atoms with Gasteiger partial charge >= 0.3 is 0 Å². The number of hydrogen-bond acceptors (Lipinski definition) is 8. The zero-order valence-corrected chi connectivity index (χ0v) is 22.0.